The number of hydrogen-bond acceptors (Lipinski definition) is 2. The molecule has 4 nitrogen and oxygen atoms in total. The molecule has 0 saturated heterocycles. The van der Waals surface area contributed by atoms with Crippen molar-refractivity contribution >= 4 is 35.0 Å². The van der Waals surface area contributed by atoms with Gasteiger partial charge in [0.05, 0.1) is 6.42 Å². The van der Waals surface area contributed by atoms with E-state index in [2.05, 4.69) is 5.32 Å². The van der Waals surface area contributed by atoms with Crippen LogP contribution in [0.3, 0.4) is 0 Å². The van der Waals surface area contributed by atoms with Crippen LogP contribution in [0.2, 0.25) is 10.0 Å². The fourth-order valence-electron chi connectivity index (χ4n) is 2.70. The molecular weight excluding hydrogens is 383 g/mol. The molecule has 1 atom stereocenters. The summed E-state index contributed by atoms with van der Waals surface area (Å²) in [5, 5.41) is 3.95. The van der Waals surface area contributed by atoms with Crippen LogP contribution < -0.4 is 5.32 Å². The molecule has 0 spiro atoms. The predicted octanol–water partition coefficient (Wildman–Crippen LogP) is 4.48. The van der Waals surface area contributed by atoms with E-state index in [1.165, 1.54) is 0 Å². The van der Waals surface area contributed by atoms with Gasteiger partial charge in [0, 0.05) is 22.6 Å². The largest absolute Gasteiger partial charge is 0.352 e. The zero-order chi connectivity index (χ0) is 20.0. The van der Waals surface area contributed by atoms with E-state index in [0.717, 1.165) is 11.1 Å². The van der Waals surface area contributed by atoms with Gasteiger partial charge in [0.25, 0.3) is 0 Å². The lowest BCUT2D eigenvalue weighted by Gasteiger charge is -2.30. The molecule has 0 radical (unpaired) electrons. The van der Waals surface area contributed by atoms with Gasteiger partial charge in [-0.15, -0.1) is 0 Å². The molecule has 144 valence electrons. The van der Waals surface area contributed by atoms with Crippen molar-refractivity contribution in [1.82, 2.24) is 10.2 Å². The van der Waals surface area contributed by atoms with Crippen molar-refractivity contribution < 1.29 is 9.59 Å². The molecule has 0 aromatic heterocycles. The maximum absolute atomic E-state index is 13.1. The average molecular weight is 407 g/mol. The molecule has 0 bridgehead atoms. The third-order valence-corrected chi connectivity index (χ3v) is 4.93. The first kappa shape index (κ1) is 21.3. The minimum Gasteiger partial charge on any atom is -0.352 e. The summed E-state index contributed by atoms with van der Waals surface area (Å²) >= 11 is 12.5. The molecule has 0 saturated carbocycles. The summed E-state index contributed by atoms with van der Waals surface area (Å²) in [4.78, 5) is 27.1. The monoisotopic (exact) mass is 406 g/mol. The summed E-state index contributed by atoms with van der Waals surface area (Å²) in [6.45, 7) is 5.73. The first-order chi connectivity index (χ1) is 12.8. The number of benzene rings is 2. The Bertz CT molecular complexity index is 808. The van der Waals surface area contributed by atoms with Crippen molar-refractivity contribution in [2.24, 2.45) is 0 Å². The number of halogens is 2. The third-order valence-electron chi connectivity index (χ3n) is 4.20. The van der Waals surface area contributed by atoms with Gasteiger partial charge in [-0.1, -0.05) is 59.6 Å². The van der Waals surface area contributed by atoms with Crippen molar-refractivity contribution in [2.45, 2.75) is 45.8 Å². The van der Waals surface area contributed by atoms with Crippen LogP contribution in [0.1, 0.15) is 31.9 Å². The van der Waals surface area contributed by atoms with Crippen molar-refractivity contribution in [3.63, 3.8) is 0 Å². The molecule has 0 heterocycles. The second kappa shape index (κ2) is 9.77. The van der Waals surface area contributed by atoms with E-state index < -0.39 is 6.04 Å². The van der Waals surface area contributed by atoms with E-state index in [1.807, 2.05) is 50.2 Å². The first-order valence-electron chi connectivity index (χ1n) is 8.86. The van der Waals surface area contributed by atoms with Gasteiger partial charge >= 0.3 is 0 Å². The zero-order valence-corrected chi connectivity index (χ0v) is 17.2. The van der Waals surface area contributed by atoms with E-state index >= 15 is 0 Å². The lowest BCUT2D eigenvalue weighted by Crippen LogP contribution is -2.49. The Kier molecular flexibility index (Phi) is 7.69. The van der Waals surface area contributed by atoms with Crippen molar-refractivity contribution in [1.29, 1.82) is 0 Å². The van der Waals surface area contributed by atoms with E-state index in [1.54, 1.807) is 24.0 Å². The Hall–Kier alpha value is -2.04. The predicted molar refractivity (Wildman–Crippen MR) is 110 cm³/mol. The van der Waals surface area contributed by atoms with Crippen LogP contribution in [0.5, 0.6) is 0 Å². The maximum atomic E-state index is 13.1. The van der Waals surface area contributed by atoms with Crippen molar-refractivity contribution in [2.75, 3.05) is 0 Å². The maximum Gasteiger partial charge on any atom is 0.242 e. The molecule has 1 N–H and O–H groups in total. The number of carbonyl (C=O) groups excluding carboxylic acids is 2. The molecule has 0 aliphatic rings. The molecule has 2 aromatic rings. The van der Waals surface area contributed by atoms with Gasteiger partial charge in [-0.05, 0) is 44.0 Å². The van der Waals surface area contributed by atoms with E-state index in [4.69, 9.17) is 23.2 Å². The van der Waals surface area contributed by atoms with Gasteiger partial charge in [-0.2, -0.15) is 0 Å². The molecule has 0 fully saturated rings. The summed E-state index contributed by atoms with van der Waals surface area (Å²) in [5.74, 6) is -0.390. The highest BCUT2D eigenvalue weighted by Crippen LogP contribution is 2.21. The molecule has 2 rings (SSSR count). The molecule has 0 aliphatic heterocycles. The Labute approximate surface area is 170 Å². The lowest BCUT2D eigenvalue weighted by atomic mass is 10.1. The Morgan fingerprint density at radius 1 is 0.926 bits per heavy atom. The van der Waals surface area contributed by atoms with E-state index in [9.17, 15) is 9.59 Å². The topological polar surface area (TPSA) is 49.4 Å². The Balaban J connectivity index is 2.27. The van der Waals surface area contributed by atoms with Gasteiger partial charge in [0.1, 0.15) is 6.04 Å². The van der Waals surface area contributed by atoms with Gasteiger partial charge in [0.2, 0.25) is 11.8 Å². The van der Waals surface area contributed by atoms with Crippen molar-refractivity contribution in [3.05, 3.63) is 69.7 Å². The highest BCUT2D eigenvalue weighted by molar-refractivity contribution is 6.31. The highest BCUT2D eigenvalue weighted by Gasteiger charge is 2.27. The number of hydrogen-bond donors (Lipinski definition) is 1. The van der Waals surface area contributed by atoms with Gasteiger partial charge < -0.3 is 10.2 Å². The van der Waals surface area contributed by atoms with E-state index in [-0.39, 0.29) is 30.8 Å². The van der Waals surface area contributed by atoms with Crippen LogP contribution in [0.15, 0.2) is 48.5 Å². The molecule has 0 aliphatic carbocycles. The summed E-state index contributed by atoms with van der Waals surface area (Å²) in [5.41, 5.74) is 1.51. The number of rotatable bonds is 7. The second-order valence-corrected chi connectivity index (χ2v) is 7.53. The van der Waals surface area contributed by atoms with E-state index in [0.29, 0.717) is 10.0 Å². The quantitative estimate of drug-likeness (QED) is 0.736. The minimum atomic E-state index is -0.640. The van der Waals surface area contributed by atoms with Crippen molar-refractivity contribution in [3.8, 4) is 0 Å². The first-order valence-corrected chi connectivity index (χ1v) is 9.61. The fourth-order valence-corrected chi connectivity index (χ4v) is 3.10. The molecule has 2 amide bonds. The summed E-state index contributed by atoms with van der Waals surface area (Å²) in [6, 6.07) is 13.9. The molecular formula is C21H24Cl2N2O2. The lowest BCUT2D eigenvalue weighted by molar-refractivity contribution is -0.140. The molecule has 6 heteroatoms. The Morgan fingerprint density at radius 2 is 1.44 bits per heavy atom. The smallest absolute Gasteiger partial charge is 0.242 e. The van der Waals surface area contributed by atoms with Crippen LogP contribution in [0, 0.1) is 0 Å². The SMILES string of the molecule is CC(C)NC(=O)[C@H](C)N(Cc1ccccc1Cl)C(=O)Cc1ccccc1Cl. The standard InChI is InChI=1S/C21H24Cl2N2O2/c1-14(2)24-21(27)15(3)25(13-17-9-5-7-11-19(17)23)20(26)12-16-8-4-6-10-18(16)22/h4-11,14-15H,12-13H2,1-3H3,(H,24,27)/t15-/m0/s1. The molecule has 2 aromatic carbocycles. The molecule has 27 heavy (non-hydrogen) atoms. The average Bonchev–Trinajstić information content (AvgIpc) is 2.61. The van der Waals surface area contributed by atoms with Crippen LogP contribution >= 0.6 is 23.2 Å². The highest BCUT2D eigenvalue weighted by atomic mass is 35.5. The van der Waals surface area contributed by atoms with Gasteiger partial charge in [-0.25, -0.2) is 0 Å². The Morgan fingerprint density at radius 3 is 1.96 bits per heavy atom. The van der Waals surface area contributed by atoms with Crippen LogP contribution in [-0.2, 0) is 22.6 Å². The third kappa shape index (κ3) is 5.98. The van der Waals surface area contributed by atoms with Crippen LogP contribution in [0.4, 0.5) is 0 Å². The number of nitrogens with zero attached hydrogens (tertiary/aromatic N) is 1. The zero-order valence-electron chi connectivity index (χ0n) is 15.7. The number of nitrogens with one attached hydrogen (secondary N) is 1. The minimum absolute atomic E-state index is 0.0132. The summed E-state index contributed by atoms with van der Waals surface area (Å²) in [6.07, 6.45) is 0.115. The van der Waals surface area contributed by atoms with Gasteiger partial charge in [0.15, 0.2) is 0 Å². The van der Waals surface area contributed by atoms with Crippen LogP contribution in [0.25, 0.3) is 0 Å². The second-order valence-electron chi connectivity index (χ2n) is 6.72. The fraction of sp³-hybridized carbons (Fsp3) is 0.333. The normalized spacial score (nSPS) is 11.9. The number of amides is 2. The summed E-state index contributed by atoms with van der Waals surface area (Å²) in [7, 11) is 0. The molecule has 0 unspecified atom stereocenters. The van der Waals surface area contributed by atoms with Crippen LogP contribution in [-0.4, -0.2) is 28.8 Å². The number of carbonyl (C=O) groups is 2. The summed E-state index contributed by atoms with van der Waals surface area (Å²) < 4.78 is 0. The van der Waals surface area contributed by atoms with Gasteiger partial charge in [-0.3, -0.25) is 9.59 Å².